The second-order valence-electron chi connectivity index (χ2n) is 6.24. The number of nitrogens with zero attached hydrogens (tertiary/aromatic N) is 1. The number of methoxy groups -OCH3 is 1. The summed E-state index contributed by atoms with van der Waals surface area (Å²) in [6, 6.07) is 5.34. The second kappa shape index (κ2) is 7.98. The first kappa shape index (κ1) is 18.7. The quantitative estimate of drug-likeness (QED) is 0.839. The van der Waals surface area contributed by atoms with E-state index in [1.165, 1.54) is 4.31 Å². The van der Waals surface area contributed by atoms with E-state index in [0.29, 0.717) is 25.9 Å². The first-order valence-corrected chi connectivity index (χ1v) is 10.1. The van der Waals surface area contributed by atoms with Crippen LogP contribution in [-0.4, -0.2) is 51.1 Å². The molecule has 1 amide bonds. The highest BCUT2D eigenvalue weighted by Gasteiger charge is 2.34. The zero-order valence-electron chi connectivity index (χ0n) is 14.5. The van der Waals surface area contributed by atoms with Crippen molar-refractivity contribution in [3.05, 3.63) is 29.3 Å². The molecular formula is C17H26N2O4S. The minimum absolute atomic E-state index is 0.216. The molecule has 1 aliphatic heterocycles. The maximum absolute atomic E-state index is 12.4. The molecule has 24 heavy (non-hydrogen) atoms. The predicted octanol–water partition coefficient (Wildman–Crippen LogP) is 1.48. The molecule has 0 unspecified atom stereocenters. The van der Waals surface area contributed by atoms with Crippen LogP contribution in [0.25, 0.3) is 0 Å². The standard InChI is InChI=1S/C17H26N2O4S/c1-13-7-8-16(23-2)14(12-13)9-10-18-17(20)15-6-4-5-11-19(15)24(3,21)22/h7-8,12,15H,4-6,9-11H2,1-3H3,(H,18,20)/t15-/m0/s1. The smallest absolute Gasteiger partial charge is 0.238 e. The largest absolute Gasteiger partial charge is 0.496 e. The highest BCUT2D eigenvalue weighted by molar-refractivity contribution is 7.88. The maximum atomic E-state index is 12.4. The van der Waals surface area contributed by atoms with Crippen molar-refractivity contribution in [3.63, 3.8) is 0 Å². The number of sulfonamides is 1. The van der Waals surface area contributed by atoms with E-state index < -0.39 is 16.1 Å². The molecule has 7 heteroatoms. The van der Waals surface area contributed by atoms with Gasteiger partial charge in [0.05, 0.1) is 13.4 Å². The van der Waals surface area contributed by atoms with Crippen LogP contribution in [0.2, 0.25) is 0 Å². The van der Waals surface area contributed by atoms with Gasteiger partial charge in [-0.2, -0.15) is 4.31 Å². The molecule has 2 rings (SSSR count). The molecule has 1 heterocycles. The van der Waals surface area contributed by atoms with E-state index in [1.54, 1.807) is 7.11 Å². The Balaban J connectivity index is 1.96. The second-order valence-corrected chi connectivity index (χ2v) is 8.18. The summed E-state index contributed by atoms with van der Waals surface area (Å²) in [5.41, 5.74) is 2.16. The third kappa shape index (κ3) is 4.70. The summed E-state index contributed by atoms with van der Waals surface area (Å²) < 4.78 is 30.3. The van der Waals surface area contributed by atoms with Crippen LogP contribution < -0.4 is 10.1 Å². The van der Waals surface area contributed by atoms with Gasteiger partial charge in [-0.05, 0) is 37.8 Å². The molecular weight excluding hydrogens is 328 g/mol. The van der Waals surface area contributed by atoms with Crippen LogP contribution in [0, 0.1) is 6.92 Å². The fourth-order valence-corrected chi connectivity index (χ4v) is 4.23. The molecule has 134 valence electrons. The van der Waals surface area contributed by atoms with Gasteiger partial charge in [0, 0.05) is 13.1 Å². The molecule has 1 aromatic carbocycles. The highest BCUT2D eigenvalue weighted by atomic mass is 32.2. The molecule has 1 saturated heterocycles. The van der Waals surface area contributed by atoms with E-state index in [4.69, 9.17) is 4.74 Å². The summed E-state index contributed by atoms with van der Waals surface area (Å²) in [4.78, 5) is 12.4. The minimum atomic E-state index is -3.36. The molecule has 1 aliphatic rings. The molecule has 6 nitrogen and oxygen atoms in total. The molecule has 0 aromatic heterocycles. The van der Waals surface area contributed by atoms with Gasteiger partial charge >= 0.3 is 0 Å². The summed E-state index contributed by atoms with van der Waals surface area (Å²) in [7, 11) is -1.74. The highest BCUT2D eigenvalue weighted by Crippen LogP contribution is 2.21. The van der Waals surface area contributed by atoms with E-state index in [0.717, 1.165) is 36.0 Å². The van der Waals surface area contributed by atoms with Crippen molar-refractivity contribution in [3.8, 4) is 5.75 Å². The van der Waals surface area contributed by atoms with Crippen molar-refractivity contribution in [2.75, 3.05) is 26.5 Å². The van der Waals surface area contributed by atoms with Crippen LogP contribution in [0.4, 0.5) is 0 Å². The summed E-state index contributed by atoms with van der Waals surface area (Å²) in [6.07, 6.45) is 4.05. The molecule has 1 atom stereocenters. The van der Waals surface area contributed by atoms with Gasteiger partial charge in [-0.15, -0.1) is 0 Å². The van der Waals surface area contributed by atoms with E-state index in [-0.39, 0.29) is 5.91 Å². The number of benzene rings is 1. The Kier molecular flexibility index (Phi) is 6.23. The number of carbonyl (C=O) groups excluding carboxylic acids is 1. The Morgan fingerprint density at radius 3 is 2.79 bits per heavy atom. The van der Waals surface area contributed by atoms with Crippen LogP contribution in [0.15, 0.2) is 18.2 Å². The number of rotatable bonds is 6. The number of carbonyl (C=O) groups is 1. The van der Waals surface area contributed by atoms with Crippen molar-refractivity contribution in [2.24, 2.45) is 0 Å². The van der Waals surface area contributed by atoms with Gasteiger partial charge in [0.15, 0.2) is 0 Å². The monoisotopic (exact) mass is 354 g/mol. The van der Waals surface area contributed by atoms with Gasteiger partial charge in [0.2, 0.25) is 15.9 Å². The average Bonchev–Trinajstić information content (AvgIpc) is 2.54. The number of amides is 1. The van der Waals surface area contributed by atoms with Gasteiger partial charge in [0.25, 0.3) is 0 Å². The fraction of sp³-hybridized carbons (Fsp3) is 0.588. The first-order valence-electron chi connectivity index (χ1n) is 8.21. The molecule has 1 N–H and O–H groups in total. The predicted molar refractivity (Wildman–Crippen MR) is 93.6 cm³/mol. The van der Waals surface area contributed by atoms with Crippen molar-refractivity contribution >= 4 is 15.9 Å². The molecule has 0 bridgehead atoms. The Bertz CT molecular complexity index is 688. The van der Waals surface area contributed by atoms with Gasteiger partial charge in [0.1, 0.15) is 11.8 Å². The molecule has 0 radical (unpaired) electrons. The van der Waals surface area contributed by atoms with Gasteiger partial charge < -0.3 is 10.1 Å². The maximum Gasteiger partial charge on any atom is 0.238 e. The summed E-state index contributed by atoms with van der Waals surface area (Å²) in [5, 5.41) is 2.87. The SMILES string of the molecule is COc1ccc(C)cc1CCNC(=O)[C@@H]1CCCCN1S(C)(=O)=O. The van der Waals surface area contributed by atoms with Crippen LogP contribution in [0.3, 0.4) is 0 Å². The molecule has 0 spiro atoms. The zero-order chi connectivity index (χ0) is 17.7. The number of nitrogens with one attached hydrogen (secondary N) is 1. The first-order chi connectivity index (χ1) is 11.3. The normalized spacial score (nSPS) is 19.0. The topological polar surface area (TPSA) is 75.7 Å². The average molecular weight is 354 g/mol. The number of ether oxygens (including phenoxy) is 1. The van der Waals surface area contributed by atoms with Gasteiger partial charge in [-0.1, -0.05) is 24.1 Å². The van der Waals surface area contributed by atoms with Gasteiger partial charge in [-0.3, -0.25) is 4.79 Å². The zero-order valence-corrected chi connectivity index (χ0v) is 15.4. The van der Waals surface area contributed by atoms with E-state index >= 15 is 0 Å². The van der Waals surface area contributed by atoms with Crippen molar-refractivity contribution in [2.45, 2.75) is 38.6 Å². The van der Waals surface area contributed by atoms with Crippen LogP contribution in [0.5, 0.6) is 5.75 Å². The van der Waals surface area contributed by atoms with E-state index in [2.05, 4.69) is 5.32 Å². The molecule has 1 aromatic rings. The van der Waals surface area contributed by atoms with E-state index in [1.807, 2.05) is 25.1 Å². The van der Waals surface area contributed by atoms with Crippen LogP contribution in [-0.2, 0) is 21.2 Å². The molecule has 0 saturated carbocycles. The lowest BCUT2D eigenvalue weighted by molar-refractivity contribution is -0.125. The van der Waals surface area contributed by atoms with E-state index in [9.17, 15) is 13.2 Å². The minimum Gasteiger partial charge on any atom is -0.496 e. The summed E-state index contributed by atoms with van der Waals surface area (Å²) in [5.74, 6) is 0.581. The van der Waals surface area contributed by atoms with Crippen molar-refractivity contribution in [1.29, 1.82) is 0 Å². The van der Waals surface area contributed by atoms with Crippen molar-refractivity contribution in [1.82, 2.24) is 9.62 Å². The lowest BCUT2D eigenvalue weighted by atomic mass is 10.0. The van der Waals surface area contributed by atoms with Crippen LogP contribution >= 0.6 is 0 Å². The molecule has 1 fully saturated rings. The molecule has 0 aliphatic carbocycles. The summed E-state index contributed by atoms with van der Waals surface area (Å²) in [6.45, 7) is 2.88. The number of hydrogen-bond donors (Lipinski definition) is 1. The lowest BCUT2D eigenvalue weighted by Gasteiger charge is -2.32. The van der Waals surface area contributed by atoms with Gasteiger partial charge in [-0.25, -0.2) is 8.42 Å². The third-order valence-corrected chi connectivity index (χ3v) is 5.60. The number of hydrogen-bond acceptors (Lipinski definition) is 4. The fourth-order valence-electron chi connectivity index (χ4n) is 3.10. The van der Waals surface area contributed by atoms with Crippen LogP contribution in [0.1, 0.15) is 30.4 Å². The lowest BCUT2D eigenvalue weighted by Crippen LogP contribution is -2.51. The number of piperidine rings is 1. The Labute approximate surface area is 144 Å². The Hall–Kier alpha value is -1.60. The number of aryl methyl sites for hydroxylation is 1. The summed E-state index contributed by atoms with van der Waals surface area (Å²) >= 11 is 0. The Morgan fingerprint density at radius 1 is 1.38 bits per heavy atom. The Morgan fingerprint density at radius 2 is 2.12 bits per heavy atom. The van der Waals surface area contributed by atoms with Crippen molar-refractivity contribution < 1.29 is 17.9 Å². The third-order valence-electron chi connectivity index (χ3n) is 4.31.